The van der Waals surface area contributed by atoms with Crippen LogP contribution in [0.15, 0.2) is 46.9 Å². The highest BCUT2D eigenvalue weighted by Gasteiger charge is 2.11. The Morgan fingerprint density at radius 2 is 1.83 bits per heavy atom. The number of halogens is 1. The van der Waals surface area contributed by atoms with E-state index < -0.39 is 0 Å². The summed E-state index contributed by atoms with van der Waals surface area (Å²) in [5.74, 6) is 0.244. The van der Waals surface area contributed by atoms with Gasteiger partial charge in [-0.15, -0.1) is 0 Å². The van der Waals surface area contributed by atoms with Crippen LogP contribution in [0.25, 0.3) is 0 Å². The fourth-order valence-corrected chi connectivity index (χ4v) is 2.55. The van der Waals surface area contributed by atoms with Crippen molar-refractivity contribution in [3.63, 3.8) is 0 Å². The van der Waals surface area contributed by atoms with Crippen LogP contribution in [-0.2, 0) is 0 Å². The second kappa shape index (κ2) is 8.49. The molecular formula is C18H19BrN2O3. The molecule has 0 aliphatic carbocycles. The monoisotopic (exact) mass is 390 g/mol. The van der Waals surface area contributed by atoms with Crippen LogP contribution in [0.4, 0.5) is 5.69 Å². The van der Waals surface area contributed by atoms with E-state index in [1.54, 1.807) is 49.5 Å². The van der Waals surface area contributed by atoms with Crippen molar-refractivity contribution in [1.82, 2.24) is 5.32 Å². The zero-order valence-electron chi connectivity index (χ0n) is 13.6. The molecule has 0 unspecified atom stereocenters. The van der Waals surface area contributed by atoms with E-state index in [0.29, 0.717) is 29.2 Å². The Hall–Kier alpha value is -2.34. The fraction of sp³-hybridized carbons (Fsp3) is 0.222. The summed E-state index contributed by atoms with van der Waals surface area (Å²) in [6.45, 7) is 2.65. The van der Waals surface area contributed by atoms with E-state index >= 15 is 0 Å². The topological polar surface area (TPSA) is 67.4 Å². The molecule has 0 fully saturated rings. The summed E-state index contributed by atoms with van der Waals surface area (Å²) in [7, 11) is 1.56. The van der Waals surface area contributed by atoms with Gasteiger partial charge in [-0.05, 0) is 58.7 Å². The van der Waals surface area contributed by atoms with Gasteiger partial charge in [0.1, 0.15) is 5.75 Å². The number of hydrogen-bond acceptors (Lipinski definition) is 3. The number of rotatable bonds is 6. The first-order valence-corrected chi connectivity index (χ1v) is 8.40. The summed E-state index contributed by atoms with van der Waals surface area (Å²) in [4.78, 5) is 24.0. The molecule has 0 radical (unpaired) electrons. The van der Waals surface area contributed by atoms with Crippen molar-refractivity contribution >= 4 is 33.4 Å². The van der Waals surface area contributed by atoms with Crippen molar-refractivity contribution in [1.29, 1.82) is 0 Å². The molecule has 0 aliphatic heterocycles. The maximum Gasteiger partial charge on any atom is 0.255 e. The van der Waals surface area contributed by atoms with Crippen molar-refractivity contribution in [3.8, 4) is 5.75 Å². The van der Waals surface area contributed by atoms with E-state index in [4.69, 9.17) is 4.74 Å². The van der Waals surface area contributed by atoms with Gasteiger partial charge < -0.3 is 15.4 Å². The van der Waals surface area contributed by atoms with Crippen molar-refractivity contribution < 1.29 is 14.3 Å². The molecule has 24 heavy (non-hydrogen) atoms. The number of hydrogen-bond donors (Lipinski definition) is 2. The molecule has 5 nitrogen and oxygen atoms in total. The van der Waals surface area contributed by atoms with E-state index in [9.17, 15) is 9.59 Å². The van der Waals surface area contributed by atoms with E-state index in [1.165, 1.54) is 0 Å². The quantitative estimate of drug-likeness (QED) is 0.786. The largest absolute Gasteiger partial charge is 0.492 e. The van der Waals surface area contributed by atoms with E-state index in [0.717, 1.165) is 10.9 Å². The van der Waals surface area contributed by atoms with Crippen LogP contribution in [-0.4, -0.2) is 25.5 Å². The number of carbonyl (C=O) groups excluding carboxylic acids is 2. The van der Waals surface area contributed by atoms with Crippen LogP contribution in [0, 0.1) is 0 Å². The molecule has 0 saturated heterocycles. The van der Waals surface area contributed by atoms with E-state index in [1.807, 2.05) is 6.92 Å². The highest BCUT2D eigenvalue weighted by molar-refractivity contribution is 9.10. The van der Waals surface area contributed by atoms with Crippen molar-refractivity contribution in [2.45, 2.75) is 13.3 Å². The van der Waals surface area contributed by atoms with Crippen molar-refractivity contribution in [2.75, 3.05) is 19.0 Å². The van der Waals surface area contributed by atoms with Crippen LogP contribution in [0.5, 0.6) is 5.75 Å². The molecule has 0 bridgehead atoms. The summed E-state index contributed by atoms with van der Waals surface area (Å²) in [5, 5.41) is 5.34. The molecular weight excluding hydrogens is 372 g/mol. The van der Waals surface area contributed by atoms with Gasteiger partial charge in [0.15, 0.2) is 0 Å². The summed E-state index contributed by atoms with van der Waals surface area (Å²) < 4.78 is 6.30. The standard InChI is InChI=1S/C18H19BrN2O3/c1-3-9-24-16-8-7-13(11-15(16)19)18(23)21-14-6-4-5-12(10-14)17(22)20-2/h4-8,10-11H,3,9H2,1-2H3,(H,20,22)(H,21,23). The summed E-state index contributed by atoms with van der Waals surface area (Å²) in [5.41, 5.74) is 1.54. The number of nitrogens with one attached hydrogen (secondary N) is 2. The van der Waals surface area contributed by atoms with Crippen molar-refractivity contribution in [2.24, 2.45) is 0 Å². The summed E-state index contributed by atoms with van der Waals surface area (Å²) >= 11 is 3.41. The maximum absolute atomic E-state index is 12.4. The number of anilines is 1. The lowest BCUT2D eigenvalue weighted by molar-refractivity contribution is 0.0961. The molecule has 2 N–H and O–H groups in total. The average molecular weight is 391 g/mol. The van der Waals surface area contributed by atoms with Crippen LogP contribution in [0.1, 0.15) is 34.1 Å². The minimum atomic E-state index is -0.258. The first kappa shape index (κ1) is 18.0. The van der Waals surface area contributed by atoms with Crippen LogP contribution < -0.4 is 15.4 Å². The van der Waals surface area contributed by atoms with E-state index in [2.05, 4.69) is 26.6 Å². The molecule has 126 valence electrons. The number of benzene rings is 2. The van der Waals surface area contributed by atoms with Gasteiger partial charge in [0, 0.05) is 23.9 Å². The number of amides is 2. The Labute approximate surface area is 149 Å². The molecule has 6 heteroatoms. The van der Waals surface area contributed by atoms with Gasteiger partial charge in [0.2, 0.25) is 0 Å². The second-order valence-corrected chi connectivity index (χ2v) is 5.96. The fourth-order valence-electron chi connectivity index (χ4n) is 2.06. The van der Waals surface area contributed by atoms with Crippen molar-refractivity contribution in [3.05, 3.63) is 58.1 Å². The SMILES string of the molecule is CCCOc1ccc(C(=O)Nc2cccc(C(=O)NC)c2)cc1Br. The minimum Gasteiger partial charge on any atom is -0.492 e. The Morgan fingerprint density at radius 3 is 2.50 bits per heavy atom. The first-order chi connectivity index (χ1) is 11.5. The molecule has 2 amide bonds. The van der Waals surface area contributed by atoms with Gasteiger partial charge in [0.05, 0.1) is 11.1 Å². The Bertz CT molecular complexity index is 747. The van der Waals surface area contributed by atoms with Gasteiger partial charge in [-0.25, -0.2) is 0 Å². The van der Waals surface area contributed by atoms with Gasteiger partial charge in [0.25, 0.3) is 11.8 Å². The number of carbonyl (C=O) groups is 2. The van der Waals surface area contributed by atoms with Crippen LogP contribution in [0.3, 0.4) is 0 Å². The van der Waals surface area contributed by atoms with Gasteiger partial charge in [-0.3, -0.25) is 9.59 Å². The third-order valence-corrected chi connectivity index (χ3v) is 3.89. The lowest BCUT2D eigenvalue weighted by atomic mass is 10.1. The van der Waals surface area contributed by atoms with Gasteiger partial charge in [-0.1, -0.05) is 13.0 Å². The summed E-state index contributed by atoms with van der Waals surface area (Å²) in [6.07, 6.45) is 0.913. The van der Waals surface area contributed by atoms with E-state index in [-0.39, 0.29) is 11.8 Å². The highest BCUT2D eigenvalue weighted by Crippen LogP contribution is 2.26. The summed E-state index contributed by atoms with van der Waals surface area (Å²) in [6, 6.07) is 11.9. The molecule has 2 aromatic rings. The zero-order chi connectivity index (χ0) is 17.5. The second-order valence-electron chi connectivity index (χ2n) is 5.11. The maximum atomic E-state index is 12.4. The molecule has 0 atom stereocenters. The Kier molecular flexibility index (Phi) is 6.37. The Morgan fingerprint density at radius 1 is 1.08 bits per heavy atom. The Balaban J connectivity index is 2.12. The van der Waals surface area contributed by atoms with Crippen LogP contribution in [0.2, 0.25) is 0 Å². The smallest absolute Gasteiger partial charge is 0.255 e. The molecule has 0 aromatic heterocycles. The van der Waals surface area contributed by atoms with Gasteiger partial charge >= 0.3 is 0 Å². The molecule has 2 aromatic carbocycles. The highest BCUT2D eigenvalue weighted by atomic mass is 79.9. The first-order valence-electron chi connectivity index (χ1n) is 7.61. The molecule has 2 rings (SSSR count). The molecule has 0 saturated carbocycles. The zero-order valence-corrected chi connectivity index (χ0v) is 15.1. The lowest BCUT2D eigenvalue weighted by Crippen LogP contribution is -2.18. The molecule has 0 aliphatic rings. The number of ether oxygens (including phenoxy) is 1. The van der Waals surface area contributed by atoms with Crippen LogP contribution >= 0.6 is 15.9 Å². The minimum absolute atomic E-state index is 0.203. The predicted octanol–water partition coefficient (Wildman–Crippen LogP) is 3.85. The normalized spacial score (nSPS) is 10.1. The lowest BCUT2D eigenvalue weighted by Gasteiger charge is -2.10. The third-order valence-electron chi connectivity index (χ3n) is 3.27. The molecule has 0 heterocycles. The predicted molar refractivity (Wildman–Crippen MR) is 97.7 cm³/mol. The average Bonchev–Trinajstić information content (AvgIpc) is 2.60. The third kappa shape index (κ3) is 4.58. The molecule has 0 spiro atoms. The van der Waals surface area contributed by atoms with Gasteiger partial charge in [-0.2, -0.15) is 0 Å².